The molecular formula is C23H23NO5. The number of ether oxygens (including phenoxy) is 3. The molecule has 0 aliphatic carbocycles. The Hall–Kier alpha value is -3.12. The lowest BCUT2D eigenvalue weighted by Gasteiger charge is -2.23. The Morgan fingerprint density at radius 2 is 1.93 bits per heavy atom. The summed E-state index contributed by atoms with van der Waals surface area (Å²) in [5.74, 6) is 0.527. The summed E-state index contributed by atoms with van der Waals surface area (Å²) in [4.78, 5) is 17.4. The normalized spacial score (nSPS) is 16.4. The van der Waals surface area contributed by atoms with E-state index < -0.39 is 6.29 Å². The second-order valence-electron chi connectivity index (χ2n) is 6.91. The molecule has 6 nitrogen and oxygen atoms in total. The highest BCUT2D eigenvalue weighted by molar-refractivity contribution is 5.61. The van der Waals surface area contributed by atoms with Gasteiger partial charge in [0.15, 0.2) is 0 Å². The van der Waals surface area contributed by atoms with Crippen LogP contribution in [0.5, 0.6) is 11.7 Å². The minimum absolute atomic E-state index is 0.127. The van der Waals surface area contributed by atoms with Gasteiger partial charge < -0.3 is 18.6 Å². The zero-order chi connectivity index (χ0) is 20.1. The second kappa shape index (κ2) is 8.92. The number of rotatable bonds is 6. The van der Waals surface area contributed by atoms with Crippen LogP contribution < -0.4 is 14.9 Å². The lowest BCUT2D eigenvalue weighted by atomic mass is 10.2. The van der Waals surface area contributed by atoms with Gasteiger partial charge in [-0.25, -0.2) is 0 Å². The molecule has 1 fully saturated rings. The molecule has 4 rings (SSSR count). The van der Waals surface area contributed by atoms with Crippen LogP contribution in [-0.4, -0.2) is 17.9 Å². The SMILES string of the molecule is Cc1c(OC2CCCCO2)oc(-c2ccccn2)c(OCc2ccccc2)c1=O. The van der Waals surface area contributed by atoms with Gasteiger partial charge in [0, 0.05) is 12.6 Å². The van der Waals surface area contributed by atoms with Gasteiger partial charge >= 0.3 is 0 Å². The molecule has 0 amide bonds. The van der Waals surface area contributed by atoms with Crippen molar-refractivity contribution >= 4 is 0 Å². The fraction of sp³-hybridized carbons (Fsp3) is 0.304. The van der Waals surface area contributed by atoms with Gasteiger partial charge in [-0.05, 0) is 37.5 Å². The molecule has 1 saturated heterocycles. The molecule has 1 aliphatic rings. The summed E-state index contributed by atoms with van der Waals surface area (Å²) in [6.45, 7) is 2.55. The monoisotopic (exact) mass is 393 g/mol. The minimum Gasteiger partial charge on any atom is -0.481 e. The molecule has 150 valence electrons. The third kappa shape index (κ3) is 4.49. The minimum atomic E-state index is -0.418. The van der Waals surface area contributed by atoms with Gasteiger partial charge in [-0.2, -0.15) is 0 Å². The van der Waals surface area contributed by atoms with E-state index in [9.17, 15) is 4.79 Å². The van der Waals surface area contributed by atoms with Crippen molar-refractivity contribution in [2.45, 2.75) is 39.1 Å². The predicted molar refractivity (Wildman–Crippen MR) is 108 cm³/mol. The van der Waals surface area contributed by atoms with E-state index in [1.807, 2.05) is 36.4 Å². The third-order valence-electron chi connectivity index (χ3n) is 4.75. The Morgan fingerprint density at radius 3 is 2.66 bits per heavy atom. The first-order valence-electron chi connectivity index (χ1n) is 9.76. The molecule has 0 radical (unpaired) electrons. The smallest absolute Gasteiger partial charge is 0.294 e. The molecule has 1 aromatic carbocycles. The number of hydrogen-bond acceptors (Lipinski definition) is 6. The van der Waals surface area contributed by atoms with E-state index in [0.717, 1.165) is 24.8 Å². The van der Waals surface area contributed by atoms with E-state index in [1.54, 1.807) is 25.3 Å². The summed E-state index contributed by atoms with van der Waals surface area (Å²) in [5, 5.41) is 0. The zero-order valence-electron chi connectivity index (χ0n) is 16.3. The summed E-state index contributed by atoms with van der Waals surface area (Å²) in [5.41, 5.74) is 1.52. The highest BCUT2D eigenvalue weighted by Crippen LogP contribution is 2.33. The first-order chi connectivity index (χ1) is 14.2. The van der Waals surface area contributed by atoms with Crippen molar-refractivity contribution in [1.82, 2.24) is 4.98 Å². The fourth-order valence-electron chi connectivity index (χ4n) is 3.14. The van der Waals surface area contributed by atoms with E-state index >= 15 is 0 Å². The van der Waals surface area contributed by atoms with Crippen LogP contribution in [-0.2, 0) is 11.3 Å². The molecule has 0 saturated carbocycles. The quantitative estimate of drug-likeness (QED) is 0.614. The van der Waals surface area contributed by atoms with Gasteiger partial charge in [0.1, 0.15) is 12.3 Å². The maximum absolute atomic E-state index is 13.1. The molecule has 3 aromatic rings. The van der Waals surface area contributed by atoms with Crippen LogP contribution in [0.1, 0.15) is 30.4 Å². The Labute approximate surface area is 169 Å². The molecule has 1 atom stereocenters. The van der Waals surface area contributed by atoms with Gasteiger partial charge in [0.25, 0.3) is 5.95 Å². The van der Waals surface area contributed by atoms with E-state index in [2.05, 4.69) is 4.98 Å². The third-order valence-corrected chi connectivity index (χ3v) is 4.75. The maximum atomic E-state index is 13.1. The Bertz CT molecular complexity index is 995. The van der Waals surface area contributed by atoms with Crippen LogP contribution in [0, 0.1) is 6.92 Å². The number of benzene rings is 1. The van der Waals surface area contributed by atoms with Crippen molar-refractivity contribution < 1.29 is 18.6 Å². The molecule has 6 heteroatoms. The molecule has 1 aliphatic heterocycles. The summed E-state index contributed by atoms with van der Waals surface area (Å²) in [6, 6.07) is 15.0. The lowest BCUT2D eigenvalue weighted by molar-refractivity contribution is -0.115. The van der Waals surface area contributed by atoms with Crippen LogP contribution in [0.15, 0.2) is 63.9 Å². The summed E-state index contributed by atoms with van der Waals surface area (Å²) < 4.78 is 23.4. The van der Waals surface area contributed by atoms with E-state index in [0.29, 0.717) is 17.9 Å². The number of nitrogens with zero attached hydrogens (tertiary/aromatic N) is 1. The van der Waals surface area contributed by atoms with E-state index in [1.165, 1.54) is 0 Å². The van der Waals surface area contributed by atoms with Crippen molar-refractivity contribution in [1.29, 1.82) is 0 Å². The van der Waals surface area contributed by atoms with Crippen LogP contribution in [0.3, 0.4) is 0 Å². The molecule has 29 heavy (non-hydrogen) atoms. The first-order valence-corrected chi connectivity index (χ1v) is 9.76. The second-order valence-corrected chi connectivity index (χ2v) is 6.91. The number of hydrogen-bond donors (Lipinski definition) is 0. The van der Waals surface area contributed by atoms with Gasteiger partial charge in [0.2, 0.25) is 23.2 Å². The maximum Gasteiger partial charge on any atom is 0.294 e. The lowest BCUT2D eigenvalue weighted by Crippen LogP contribution is -2.26. The molecule has 0 N–H and O–H groups in total. The van der Waals surface area contributed by atoms with Crippen molar-refractivity contribution in [2.75, 3.05) is 6.61 Å². The van der Waals surface area contributed by atoms with Crippen molar-refractivity contribution in [3.63, 3.8) is 0 Å². The van der Waals surface area contributed by atoms with E-state index in [4.69, 9.17) is 18.6 Å². The molecular weight excluding hydrogens is 370 g/mol. The van der Waals surface area contributed by atoms with Gasteiger partial charge in [-0.1, -0.05) is 36.4 Å². The number of pyridine rings is 1. The summed E-state index contributed by atoms with van der Waals surface area (Å²) >= 11 is 0. The fourth-order valence-corrected chi connectivity index (χ4v) is 3.14. The largest absolute Gasteiger partial charge is 0.481 e. The Balaban J connectivity index is 1.70. The summed E-state index contributed by atoms with van der Waals surface area (Å²) in [6.07, 6.45) is 4.00. The summed E-state index contributed by atoms with van der Waals surface area (Å²) in [7, 11) is 0. The molecule has 0 bridgehead atoms. The average molecular weight is 393 g/mol. The van der Waals surface area contributed by atoms with Crippen LogP contribution in [0.25, 0.3) is 11.5 Å². The Morgan fingerprint density at radius 1 is 1.10 bits per heavy atom. The molecule has 1 unspecified atom stereocenters. The standard InChI is InChI=1S/C23H23NO5/c1-16-20(25)22(27-15-17-9-3-2-4-10-17)21(18-11-5-7-13-24-18)29-23(16)28-19-12-6-8-14-26-19/h2-5,7,9-11,13,19H,6,8,12,14-15H2,1H3. The van der Waals surface area contributed by atoms with E-state index in [-0.39, 0.29) is 29.5 Å². The Kier molecular flexibility index (Phi) is 5.91. The first kappa shape index (κ1) is 19.2. The average Bonchev–Trinajstić information content (AvgIpc) is 2.78. The zero-order valence-corrected chi connectivity index (χ0v) is 16.3. The van der Waals surface area contributed by atoms with Crippen molar-refractivity contribution in [2.24, 2.45) is 0 Å². The van der Waals surface area contributed by atoms with Gasteiger partial charge in [-0.3, -0.25) is 9.78 Å². The topological polar surface area (TPSA) is 70.8 Å². The molecule has 2 aromatic heterocycles. The van der Waals surface area contributed by atoms with Crippen LogP contribution in [0.4, 0.5) is 0 Å². The number of aromatic nitrogens is 1. The van der Waals surface area contributed by atoms with Gasteiger partial charge in [-0.15, -0.1) is 0 Å². The highest BCUT2D eigenvalue weighted by atomic mass is 16.7. The molecule has 3 heterocycles. The van der Waals surface area contributed by atoms with Crippen molar-refractivity contribution in [3.8, 4) is 23.1 Å². The highest BCUT2D eigenvalue weighted by Gasteiger charge is 2.24. The predicted octanol–water partition coefficient (Wildman–Crippen LogP) is 4.49. The van der Waals surface area contributed by atoms with Crippen molar-refractivity contribution in [3.05, 3.63) is 76.1 Å². The van der Waals surface area contributed by atoms with Gasteiger partial charge in [0.05, 0.1) is 12.2 Å². The van der Waals surface area contributed by atoms with Crippen LogP contribution in [0.2, 0.25) is 0 Å². The molecule has 0 spiro atoms. The van der Waals surface area contributed by atoms with Crippen LogP contribution >= 0.6 is 0 Å².